The third kappa shape index (κ3) is 3.04. The fourth-order valence-corrected chi connectivity index (χ4v) is 6.69. The number of carbonyl (C=O) groups is 4. The molecule has 6 nitrogen and oxygen atoms in total. The summed E-state index contributed by atoms with van der Waals surface area (Å²) in [6.07, 6.45) is 6.97. The molecule has 2 aromatic rings. The molecule has 2 aliphatic heterocycles. The van der Waals surface area contributed by atoms with Crippen LogP contribution in [0.15, 0.2) is 60.7 Å². The first-order valence-electron chi connectivity index (χ1n) is 11.8. The number of piperidine rings is 2. The number of hydrogen-bond acceptors (Lipinski definition) is 4. The van der Waals surface area contributed by atoms with Gasteiger partial charge < -0.3 is 0 Å². The van der Waals surface area contributed by atoms with Gasteiger partial charge in [-0.15, -0.1) is 0 Å². The summed E-state index contributed by atoms with van der Waals surface area (Å²) in [6, 6.07) is 10.3. The number of imide groups is 2. The van der Waals surface area contributed by atoms with E-state index in [9.17, 15) is 19.2 Å². The lowest BCUT2D eigenvalue weighted by molar-refractivity contribution is -0.148. The van der Waals surface area contributed by atoms with E-state index in [2.05, 4.69) is 0 Å². The van der Waals surface area contributed by atoms with Crippen molar-refractivity contribution in [3.63, 3.8) is 0 Å². The zero-order chi connectivity index (χ0) is 25.5. The minimum Gasteiger partial charge on any atom is -0.273 e. The Kier molecular flexibility index (Phi) is 5.25. The fourth-order valence-electron chi connectivity index (χ4n) is 6.35. The maximum atomic E-state index is 13.7. The van der Waals surface area contributed by atoms with Crippen LogP contribution in [0.1, 0.15) is 11.1 Å². The number of hydrogen-bond donors (Lipinski definition) is 0. The van der Waals surface area contributed by atoms with Gasteiger partial charge in [0.25, 0.3) is 0 Å². The fraction of sp³-hybridized carbons (Fsp3) is 0.286. The molecule has 0 aromatic heterocycles. The summed E-state index contributed by atoms with van der Waals surface area (Å²) in [5, 5.41) is 0.933. The second kappa shape index (κ2) is 8.15. The van der Waals surface area contributed by atoms with Crippen molar-refractivity contribution in [2.75, 3.05) is 9.80 Å². The summed E-state index contributed by atoms with van der Waals surface area (Å²) in [7, 11) is 0. The van der Waals surface area contributed by atoms with Crippen molar-refractivity contribution in [1.82, 2.24) is 0 Å². The zero-order valence-electron chi connectivity index (χ0n) is 19.5. The van der Waals surface area contributed by atoms with Crippen molar-refractivity contribution in [3.8, 4) is 0 Å². The molecule has 4 aliphatic rings. The highest BCUT2D eigenvalue weighted by atomic mass is 35.5. The van der Waals surface area contributed by atoms with Gasteiger partial charge in [-0.1, -0.05) is 59.6 Å². The lowest BCUT2D eigenvalue weighted by atomic mass is 9.55. The summed E-state index contributed by atoms with van der Waals surface area (Å²) in [5.41, 5.74) is 2.20. The SMILES string of the molecule is Cc1c(Cl)cccc1N1C(=O)[C@H]2C=C[C@H]3C(=O)N(c4cccc(Cl)c4C)C(=O)[C@@H]4C=C[C@H](C1=O)C2C34. The molecule has 0 unspecified atom stereocenters. The third-order valence-electron chi connectivity index (χ3n) is 8.14. The summed E-state index contributed by atoms with van der Waals surface area (Å²) in [4.78, 5) is 57.3. The molecule has 6 rings (SSSR count). The van der Waals surface area contributed by atoms with E-state index < -0.39 is 35.5 Å². The van der Waals surface area contributed by atoms with E-state index in [-0.39, 0.29) is 23.6 Å². The highest BCUT2D eigenvalue weighted by Gasteiger charge is 2.61. The van der Waals surface area contributed by atoms with Crippen LogP contribution in [0.25, 0.3) is 0 Å². The lowest BCUT2D eigenvalue weighted by Crippen LogP contribution is -2.64. The van der Waals surface area contributed by atoms with E-state index in [1.165, 1.54) is 9.80 Å². The Morgan fingerprint density at radius 3 is 1.17 bits per heavy atom. The van der Waals surface area contributed by atoms with E-state index >= 15 is 0 Å². The largest absolute Gasteiger partial charge is 0.273 e. The van der Waals surface area contributed by atoms with Crippen LogP contribution in [0.5, 0.6) is 0 Å². The monoisotopic (exact) mass is 520 g/mol. The van der Waals surface area contributed by atoms with Gasteiger partial charge in [0.05, 0.1) is 35.0 Å². The van der Waals surface area contributed by atoms with E-state index in [1.54, 1.807) is 74.5 Å². The Hall–Kier alpha value is -3.22. The van der Waals surface area contributed by atoms with Crippen LogP contribution < -0.4 is 9.80 Å². The molecular weight excluding hydrogens is 499 g/mol. The molecule has 2 saturated heterocycles. The Labute approximate surface area is 218 Å². The molecule has 4 atom stereocenters. The van der Waals surface area contributed by atoms with Crippen molar-refractivity contribution in [3.05, 3.63) is 81.9 Å². The molecule has 36 heavy (non-hydrogen) atoms. The Bertz CT molecular complexity index is 1270. The predicted molar refractivity (Wildman–Crippen MR) is 137 cm³/mol. The van der Waals surface area contributed by atoms with Gasteiger partial charge in [0, 0.05) is 10.0 Å². The number of rotatable bonds is 2. The highest BCUT2D eigenvalue weighted by molar-refractivity contribution is 6.33. The van der Waals surface area contributed by atoms with Gasteiger partial charge in [-0.05, 0) is 61.1 Å². The molecule has 0 N–H and O–H groups in total. The van der Waals surface area contributed by atoms with Crippen LogP contribution in [0, 0.1) is 49.4 Å². The second-order valence-corrected chi connectivity index (χ2v) is 10.6. The van der Waals surface area contributed by atoms with Crippen molar-refractivity contribution in [2.24, 2.45) is 35.5 Å². The minimum atomic E-state index is -0.625. The molecule has 2 aromatic carbocycles. The molecule has 2 aliphatic carbocycles. The summed E-state index contributed by atoms with van der Waals surface area (Å²) >= 11 is 12.6. The molecule has 0 bridgehead atoms. The molecule has 182 valence electrons. The van der Waals surface area contributed by atoms with Gasteiger partial charge in [0.1, 0.15) is 0 Å². The van der Waals surface area contributed by atoms with Crippen molar-refractivity contribution < 1.29 is 19.2 Å². The van der Waals surface area contributed by atoms with Crippen LogP contribution in [-0.4, -0.2) is 23.6 Å². The number of nitrogens with zero attached hydrogens (tertiary/aromatic N) is 2. The number of carbonyl (C=O) groups excluding carboxylic acids is 4. The van der Waals surface area contributed by atoms with Gasteiger partial charge in [0.2, 0.25) is 23.6 Å². The second-order valence-electron chi connectivity index (χ2n) is 9.82. The van der Waals surface area contributed by atoms with Gasteiger partial charge in [0.15, 0.2) is 0 Å². The minimum absolute atomic E-state index is 0.358. The number of amides is 4. The predicted octanol–water partition coefficient (Wildman–Crippen LogP) is 4.89. The maximum absolute atomic E-state index is 13.7. The zero-order valence-corrected chi connectivity index (χ0v) is 21.0. The van der Waals surface area contributed by atoms with Gasteiger partial charge >= 0.3 is 0 Å². The third-order valence-corrected chi connectivity index (χ3v) is 8.96. The Balaban J connectivity index is 1.45. The average Bonchev–Trinajstić information content (AvgIpc) is 2.86. The van der Waals surface area contributed by atoms with Gasteiger partial charge in [-0.2, -0.15) is 0 Å². The van der Waals surface area contributed by atoms with Gasteiger partial charge in [-0.3, -0.25) is 19.2 Å². The number of halogens is 2. The van der Waals surface area contributed by atoms with Gasteiger partial charge in [-0.25, -0.2) is 9.80 Å². The quantitative estimate of drug-likeness (QED) is 0.417. The van der Waals surface area contributed by atoms with E-state index in [1.807, 2.05) is 0 Å². The maximum Gasteiger partial charge on any atom is 0.241 e. The standard InChI is InChI=1S/C28H22Cl2N2O4/c1-13-19(29)5-3-7-21(13)31-25(33)15-9-11-17-24-18(12-10-16(23(15)24)26(31)34)28(36)32(27(17)35)22-8-4-6-20(30)14(22)2/h3-12,15-18,23-24H,1-2H3/t15-,16-,17+,18+,23?,24?. The molecule has 0 saturated carbocycles. The molecule has 0 spiro atoms. The molecule has 0 radical (unpaired) electrons. The average molecular weight is 521 g/mol. The first-order chi connectivity index (χ1) is 17.2. The number of anilines is 2. The molecular formula is C28H22Cl2N2O4. The Morgan fingerprint density at radius 1 is 0.556 bits per heavy atom. The first-order valence-corrected chi connectivity index (χ1v) is 12.6. The number of benzene rings is 2. The van der Waals surface area contributed by atoms with E-state index in [0.717, 1.165) is 0 Å². The summed E-state index contributed by atoms with van der Waals surface area (Å²) < 4.78 is 0. The van der Waals surface area contributed by atoms with Crippen molar-refractivity contribution in [2.45, 2.75) is 13.8 Å². The van der Waals surface area contributed by atoms with E-state index in [4.69, 9.17) is 23.2 Å². The smallest absolute Gasteiger partial charge is 0.241 e. The van der Waals surface area contributed by atoms with Crippen molar-refractivity contribution in [1.29, 1.82) is 0 Å². The van der Waals surface area contributed by atoms with Crippen LogP contribution in [-0.2, 0) is 19.2 Å². The molecule has 2 heterocycles. The van der Waals surface area contributed by atoms with E-state index in [0.29, 0.717) is 32.5 Å². The molecule has 2 fully saturated rings. The van der Waals surface area contributed by atoms with Crippen LogP contribution in [0.2, 0.25) is 10.0 Å². The summed E-state index contributed by atoms with van der Waals surface area (Å²) in [5.74, 6) is -4.87. The normalized spacial score (nSPS) is 30.7. The summed E-state index contributed by atoms with van der Waals surface area (Å²) in [6.45, 7) is 3.54. The highest BCUT2D eigenvalue weighted by Crippen LogP contribution is 2.54. The van der Waals surface area contributed by atoms with Crippen LogP contribution in [0.4, 0.5) is 11.4 Å². The Morgan fingerprint density at radius 2 is 0.861 bits per heavy atom. The van der Waals surface area contributed by atoms with Crippen LogP contribution in [0.3, 0.4) is 0 Å². The molecule has 8 heteroatoms. The molecule has 4 amide bonds. The van der Waals surface area contributed by atoms with Crippen molar-refractivity contribution >= 4 is 58.2 Å². The lowest BCUT2D eigenvalue weighted by Gasteiger charge is -2.53. The topological polar surface area (TPSA) is 74.8 Å². The first kappa shape index (κ1) is 23.2. The van der Waals surface area contributed by atoms with Crippen LogP contribution >= 0.6 is 23.2 Å².